The highest BCUT2D eigenvalue weighted by Crippen LogP contribution is 2.31. The van der Waals surface area contributed by atoms with Gasteiger partial charge in [-0.15, -0.1) is 0 Å². The summed E-state index contributed by atoms with van der Waals surface area (Å²) in [5.74, 6) is -0.474. The number of esters is 1. The summed E-state index contributed by atoms with van der Waals surface area (Å²) in [6.45, 7) is 1.78. The van der Waals surface area contributed by atoms with E-state index in [1.165, 1.54) is 7.11 Å². The van der Waals surface area contributed by atoms with Gasteiger partial charge in [0, 0.05) is 11.8 Å². The first-order valence-corrected chi connectivity index (χ1v) is 4.30. The SMILES string of the molecule is COC(=O)C[C@@]1(C)CC(=O)NC1=S. The first kappa shape index (κ1) is 10.1. The Morgan fingerprint density at radius 3 is 2.77 bits per heavy atom. The molecule has 5 heteroatoms. The molecule has 13 heavy (non-hydrogen) atoms. The average Bonchev–Trinajstić information content (AvgIpc) is 2.25. The summed E-state index contributed by atoms with van der Waals surface area (Å²) in [5, 5.41) is 2.52. The smallest absolute Gasteiger partial charge is 0.306 e. The molecule has 0 spiro atoms. The van der Waals surface area contributed by atoms with Crippen LogP contribution in [0.1, 0.15) is 19.8 Å². The second kappa shape index (κ2) is 3.41. The van der Waals surface area contributed by atoms with Crippen molar-refractivity contribution in [3.8, 4) is 0 Å². The van der Waals surface area contributed by atoms with Gasteiger partial charge in [-0.25, -0.2) is 0 Å². The Balaban J connectivity index is 2.71. The third kappa shape index (κ3) is 2.03. The molecule has 0 bridgehead atoms. The Morgan fingerprint density at radius 1 is 1.77 bits per heavy atom. The second-order valence-corrected chi connectivity index (χ2v) is 3.78. The van der Waals surface area contributed by atoms with E-state index < -0.39 is 5.41 Å². The van der Waals surface area contributed by atoms with Gasteiger partial charge in [0.1, 0.15) is 0 Å². The number of amides is 1. The van der Waals surface area contributed by atoms with Crippen molar-refractivity contribution in [1.29, 1.82) is 0 Å². The van der Waals surface area contributed by atoms with Crippen LogP contribution in [0.15, 0.2) is 0 Å². The van der Waals surface area contributed by atoms with Crippen LogP contribution in [0.3, 0.4) is 0 Å². The predicted molar refractivity (Wildman–Crippen MR) is 50.1 cm³/mol. The van der Waals surface area contributed by atoms with E-state index >= 15 is 0 Å². The summed E-state index contributed by atoms with van der Waals surface area (Å²) in [6, 6.07) is 0. The van der Waals surface area contributed by atoms with E-state index in [0.717, 1.165) is 0 Å². The van der Waals surface area contributed by atoms with Gasteiger partial charge in [0.15, 0.2) is 0 Å². The number of nitrogens with one attached hydrogen (secondary N) is 1. The van der Waals surface area contributed by atoms with Crippen LogP contribution in [0.4, 0.5) is 0 Å². The van der Waals surface area contributed by atoms with Gasteiger partial charge in [-0.1, -0.05) is 19.1 Å². The monoisotopic (exact) mass is 201 g/mol. The number of carbonyl (C=O) groups is 2. The summed E-state index contributed by atoms with van der Waals surface area (Å²) in [7, 11) is 1.32. The number of methoxy groups -OCH3 is 1. The Kier molecular flexibility index (Phi) is 2.66. The molecular formula is C8H11NO3S. The summed E-state index contributed by atoms with van der Waals surface area (Å²) >= 11 is 4.96. The highest BCUT2D eigenvalue weighted by atomic mass is 32.1. The molecule has 1 amide bonds. The summed E-state index contributed by atoms with van der Waals surface area (Å²) in [5.41, 5.74) is -0.556. The van der Waals surface area contributed by atoms with Crippen molar-refractivity contribution in [3.63, 3.8) is 0 Å². The molecule has 0 aromatic heterocycles. The first-order valence-electron chi connectivity index (χ1n) is 3.89. The molecule has 1 N–H and O–H groups in total. The van der Waals surface area contributed by atoms with Crippen molar-refractivity contribution in [3.05, 3.63) is 0 Å². The van der Waals surface area contributed by atoms with Crippen molar-refractivity contribution in [2.24, 2.45) is 5.41 Å². The van der Waals surface area contributed by atoms with E-state index in [9.17, 15) is 9.59 Å². The molecule has 1 saturated heterocycles. The van der Waals surface area contributed by atoms with Gasteiger partial charge in [0.05, 0.1) is 18.5 Å². The van der Waals surface area contributed by atoms with Gasteiger partial charge in [0.25, 0.3) is 0 Å². The molecule has 1 aliphatic rings. The molecule has 0 saturated carbocycles. The maximum absolute atomic E-state index is 11.0. The predicted octanol–water partition coefficient (Wildman–Crippen LogP) is 0.403. The quantitative estimate of drug-likeness (QED) is 0.519. The maximum atomic E-state index is 11.0. The van der Waals surface area contributed by atoms with Crippen LogP contribution in [0.25, 0.3) is 0 Å². The molecule has 1 fully saturated rings. The minimum atomic E-state index is -0.556. The van der Waals surface area contributed by atoms with E-state index in [4.69, 9.17) is 12.2 Å². The number of hydrogen-bond donors (Lipinski definition) is 1. The highest BCUT2D eigenvalue weighted by Gasteiger charge is 2.41. The van der Waals surface area contributed by atoms with E-state index in [1.807, 2.05) is 0 Å². The van der Waals surface area contributed by atoms with Crippen LogP contribution < -0.4 is 5.32 Å². The molecule has 72 valence electrons. The van der Waals surface area contributed by atoms with Crippen LogP contribution in [0, 0.1) is 5.41 Å². The lowest BCUT2D eigenvalue weighted by Gasteiger charge is -2.19. The van der Waals surface area contributed by atoms with Gasteiger partial charge >= 0.3 is 5.97 Å². The molecule has 4 nitrogen and oxygen atoms in total. The van der Waals surface area contributed by atoms with Crippen molar-refractivity contribution < 1.29 is 14.3 Å². The number of hydrogen-bond acceptors (Lipinski definition) is 4. The number of thiocarbonyl (C=S) groups is 1. The van der Waals surface area contributed by atoms with Crippen molar-refractivity contribution in [1.82, 2.24) is 5.32 Å². The van der Waals surface area contributed by atoms with Crippen LogP contribution in [-0.4, -0.2) is 24.0 Å². The molecule has 0 aromatic carbocycles. The van der Waals surface area contributed by atoms with Crippen molar-refractivity contribution in [2.45, 2.75) is 19.8 Å². The third-order valence-corrected chi connectivity index (χ3v) is 2.71. The standard InChI is InChI=1S/C8H11NO3S/c1-8(4-6(11)12-2)3-5(10)9-7(8)13/h3-4H2,1-2H3,(H,9,10,13)/t8-/m1/s1. The summed E-state index contributed by atoms with van der Waals surface area (Å²) in [4.78, 5) is 22.4. The molecule has 1 heterocycles. The normalized spacial score (nSPS) is 27.2. The van der Waals surface area contributed by atoms with Crippen molar-refractivity contribution in [2.75, 3.05) is 7.11 Å². The number of ether oxygens (including phenoxy) is 1. The fourth-order valence-electron chi connectivity index (χ4n) is 1.29. The Hall–Kier alpha value is -0.970. The van der Waals surface area contributed by atoms with E-state index in [0.29, 0.717) is 4.99 Å². The number of carbonyl (C=O) groups excluding carboxylic acids is 2. The Labute approximate surface area is 81.6 Å². The van der Waals surface area contributed by atoms with Crippen molar-refractivity contribution >= 4 is 29.1 Å². The summed E-state index contributed by atoms with van der Waals surface area (Å²) in [6.07, 6.45) is 0.419. The minimum absolute atomic E-state index is 0.128. The van der Waals surface area contributed by atoms with E-state index in [2.05, 4.69) is 10.1 Å². The Bertz CT molecular complexity index is 277. The topological polar surface area (TPSA) is 55.4 Å². The maximum Gasteiger partial charge on any atom is 0.306 e. The zero-order valence-corrected chi connectivity index (χ0v) is 8.36. The Morgan fingerprint density at radius 2 is 2.38 bits per heavy atom. The molecule has 0 aliphatic carbocycles. The largest absolute Gasteiger partial charge is 0.469 e. The van der Waals surface area contributed by atoms with Gasteiger partial charge in [0.2, 0.25) is 5.91 Å². The van der Waals surface area contributed by atoms with E-state index in [-0.39, 0.29) is 24.7 Å². The average molecular weight is 201 g/mol. The summed E-state index contributed by atoms with van der Waals surface area (Å²) < 4.78 is 4.52. The fraction of sp³-hybridized carbons (Fsp3) is 0.625. The van der Waals surface area contributed by atoms with E-state index in [1.54, 1.807) is 6.92 Å². The fourth-order valence-corrected chi connectivity index (χ4v) is 1.55. The lowest BCUT2D eigenvalue weighted by atomic mass is 9.86. The van der Waals surface area contributed by atoms with Crippen LogP contribution in [-0.2, 0) is 14.3 Å². The molecule has 0 aromatic rings. The highest BCUT2D eigenvalue weighted by molar-refractivity contribution is 7.80. The molecule has 1 rings (SSSR count). The van der Waals surface area contributed by atoms with Crippen LogP contribution in [0.5, 0.6) is 0 Å². The second-order valence-electron chi connectivity index (χ2n) is 3.37. The molecule has 1 atom stereocenters. The van der Waals surface area contributed by atoms with Gasteiger partial charge in [-0.05, 0) is 0 Å². The third-order valence-electron chi connectivity index (χ3n) is 2.11. The number of rotatable bonds is 2. The van der Waals surface area contributed by atoms with Crippen LogP contribution in [0.2, 0.25) is 0 Å². The zero-order valence-electron chi connectivity index (χ0n) is 7.55. The minimum Gasteiger partial charge on any atom is -0.469 e. The molecular weight excluding hydrogens is 190 g/mol. The lowest BCUT2D eigenvalue weighted by Crippen LogP contribution is -2.29. The molecule has 0 radical (unpaired) electrons. The van der Waals surface area contributed by atoms with Crippen LogP contribution >= 0.6 is 12.2 Å². The van der Waals surface area contributed by atoms with Gasteiger partial charge in [-0.3, -0.25) is 9.59 Å². The molecule has 0 unspecified atom stereocenters. The zero-order chi connectivity index (χ0) is 10.1. The first-order chi connectivity index (χ1) is 5.98. The lowest BCUT2D eigenvalue weighted by molar-refractivity contribution is -0.142. The van der Waals surface area contributed by atoms with Gasteiger partial charge in [-0.2, -0.15) is 0 Å². The molecule has 1 aliphatic heterocycles. The van der Waals surface area contributed by atoms with Gasteiger partial charge < -0.3 is 10.1 Å².